The van der Waals surface area contributed by atoms with Gasteiger partial charge in [0.05, 0.1) is 6.34 Å². The first kappa shape index (κ1) is 5.89. The topological polar surface area (TPSA) is 32.7 Å². The molecule has 1 spiro atoms. The van der Waals surface area contributed by atoms with E-state index in [9.17, 15) is 4.79 Å². The molecule has 0 N–H and O–H groups in total. The van der Waals surface area contributed by atoms with Crippen molar-refractivity contribution in [3.8, 4) is 0 Å². The minimum atomic E-state index is -0.297. The van der Waals surface area contributed by atoms with Crippen LogP contribution in [0.4, 0.5) is 0 Å². The highest BCUT2D eigenvalue weighted by molar-refractivity contribution is 6.00. The Kier molecular flexibility index (Phi) is 0.938. The van der Waals surface area contributed by atoms with Crippen LogP contribution in [-0.2, 0) is 4.79 Å². The lowest BCUT2D eigenvalue weighted by Gasteiger charge is -2.32. The molecular formula is C7H10N2O. The van der Waals surface area contributed by atoms with E-state index in [0.717, 1.165) is 19.3 Å². The van der Waals surface area contributed by atoms with Crippen LogP contribution in [0.5, 0.6) is 0 Å². The Bertz CT molecular complexity index is 206. The maximum Gasteiger partial charge on any atom is 0.255 e. The van der Waals surface area contributed by atoms with E-state index in [-0.39, 0.29) is 11.4 Å². The van der Waals surface area contributed by atoms with Crippen LogP contribution in [0.3, 0.4) is 0 Å². The van der Waals surface area contributed by atoms with Gasteiger partial charge < -0.3 is 4.90 Å². The quantitative estimate of drug-likeness (QED) is 0.477. The molecule has 0 saturated heterocycles. The van der Waals surface area contributed by atoms with Gasteiger partial charge in [-0.25, -0.2) is 0 Å². The first-order chi connectivity index (χ1) is 4.75. The Labute approximate surface area is 59.7 Å². The third kappa shape index (κ3) is 0.503. The van der Waals surface area contributed by atoms with Crippen LogP contribution in [0.15, 0.2) is 4.99 Å². The van der Waals surface area contributed by atoms with Gasteiger partial charge in [-0.3, -0.25) is 9.79 Å². The van der Waals surface area contributed by atoms with Crippen LogP contribution < -0.4 is 0 Å². The van der Waals surface area contributed by atoms with Crippen molar-refractivity contribution in [1.82, 2.24) is 4.90 Å². The lowest BCUT2D eigenvalue weighted by atomic mass is 9.77. The monoisotopic (exact) mass is 138 g/mol. The Morgan fingerprint density at radius 2 is 2.40 bits per heavy atom. The fourth-order valence-electron chi connectivity index (χ4n) is 1.49. The maximum atomic E-state index is 11.3. The predicted octanol–water partition coefficient (Wildman–Crippen LogP) is 0.409. The average Bonchev–Trinajstić information content (AvgIpc) is 2.10. The molecule has 10 heavy (non-hydrogen) atoms. The number of nitrogens with zero attached hydrogens (tertiary/aromatic N) is 2. The number of likely N-dealkylation sites (N-methyl/N-ethyl adjacent to an activating group) is 1. The number of rotatable bonds is 0. The van der Waals surface area contributed by atoms with Crippen LogP contribution in [0, 0.1) is 0 Å². The molecule has 0 aromatic carbocycles. The third-order valence-electron chi connectivity index (χ3n) is 2.38. The molecule has 0 aromatic rings. The summed E-state index contributed by atoms with van der Waals surface area (Å²) in [6.45, 7) is 0. The normalized spacial score (nSPS) is 27.7. The minimum absolute atomic E-state index is 0.179. The van der Waals surface area contributed by atoms with Gasteiger partial charge in [0.2, 0.25) is 0 Å². The molecule has 1 aliphatic carbocycles. The predicted molar refractivity (Wildman–Crippen MR) is 37.8 cm³/mol. The number of carbonyl (C=O) groups is 1. The van der Waals surface area contributed by atoms with Crippen molar-refractivity contribution >= 4 is 12.2 Å². The van der Waals surface area contributed by atoms with Crippen LogP contribution in [0.25, 0.3) is 0 Å². The smallest absolute Gasteiger partial charge is 0.255 e. The molecule has 3 heteroatoms. The Hall–Kier alpha value is -0.860. The van der Waals surface area contributed by atoms with Gasteiger partial charge in [0.1, 0.15) is 5.54 Å². The zero-order chi connectivity index (χ0) is 7.19. The molecule has 2 aliphatic rings. The van der Waals surface area contributed by atoms with Gasteiger partial charge in [0.15, 0.2) is 0 Å². The summed E-state index contributed by atoms with van der Waals surface area (Å²) in [5, 5.41) is 0. The molecule has 0 aromatic heterocycles. The molecule has 54 valence electrons. The lowest BCUT2D eigenvalue weighted by Crippen LogP contribution is -2.45. The van der Waals surface area contributed by atoms with Crippen molar-refractivity contribution in [3.63, 3.8) is 0 Å². The SMILES string of the molecule is CN1C=NC2(CCC2)C1=O. The first-order valence-electron chi connectivity index (χ1n) is 3.57. The van der Waals surface area contributed by atoms with E-state index in [1.807, 2.05) is 0 Å². The molecule has 1 heterocycles. The maximum absolute atomic E-state index is 11.3. The Morgan fingerprint density at radius 3 is 2.60 bits per heavy atom. The summed E-state index contributed by atoms with van der Waals surface area (Å²) in [6, 6.07) is 0. The van der Waals surface area contributed by atoms with E-state index in [0.29, 0.717) is 0 Å². The first-order valence-corrected chi connectivity index (χ1v) is 3.57. The van der Waals surface area contributed by atoms with E-state index in [2.05, 4.69) is 4.99 Å². The summed E-state index contributed by atoms with van der Waals surface area (Å²) >= 11 is 0. The van der Waals surface area contributed by atoms with Gasteiger partial charge in [-0.2, -0.15) is 0 Å². The zero-order valence-corrected chi connectivity index (χ0v) is 6.00. The highest BCUT2D eigenvalue weighted by Crippen LogP contribution is 2.39. The van der Waals surface area contributed by atoms with E-state index in [1.165, 1.54) is 0 Å². The molecule has 1 fully saturated rings. The number of hydrogen-bond acceptors (Lipinski definition) is 2. The van der Waals surface area contributed by atoms with E-state index < -0.39 is 0 Å². The van der Waals surface area contributed by atoms with Crippen molar-refractivity contribution in [2.24, 2.45) is 4.99 Å². The van der Waals surface area contributed by atoms with Gasteiger partial charge in [0.25, 0.3) is 5.91 Å². The van der Waals surface area contributed by atoms with Crippen LogP contribution in [0.1, 0.15) is 19.3 Å². The van der Waals surface area contributed by atoms with Gasteiger partial charge >= 0.3 is 0 Å². The van der Waals surface area contributed by atoms with Crippen molar-refractivity contribution < 1.29 is 4.79 Å². The second-order valence-electron chi connectivity index (χ2n) is 3.05. The van der Waals surface area contributed by atoms with Crippen molar-refractivity contribution in [1.29, 1.82) is 0 Å². The second-order valence-corrected chi connectivity index (χ2v) is 3.05. The molecule has 1 saturated carbocycles. The molecule has 2 rings (SSSR count). The lowest BCUT2D eigenvalue weighted by molar-refractivity contribution is -0.132. The molecule has 0 atom stereocenters. The van der Waals surface area contributed by atoms with Crippen molar-refractivity contribution in [3.05, 3.63) is 0 Å². The van der Waals surface area contributed by atoms with Crippen LogP contribution in [-0.4, -0.2) is 29.7 Å². The van der Waals surface area contributed by atoms with Crippen LogP contribution in [0.2, 0.25) is 0 Å². The number of aliphatic imine (C=N–C) groups is 1. The van der Waals surface area contributed by atoms with E-state index in [4.69, 9.17) is 0 Å². The third-order valence-corrected chi connectivity index (χ3v) is 2.38. The van der Waals surface area contributed by atoms with E-state index >= 15 is 0 Å². The van der Waals surface area contributed by atoms with Gasteiger partial charge in [-0.05, 0) is 19.3 Å². The highest BCUT2D eigenvalue weighted by Gasteiger charge is 2.48. The van der Waals surface area contributed by atoms with Gasteiger partial charge in [-0.1, -0.05) is 0 Å². The largest absolute Gasteiger partial charge is 0.304 e. The Balaban J connectivity index is 2.26. The number of amides is 1. The molecule has 3 nitrogen and oxygen atoms in total. The summed E-state index contributed by atoms with van der Waals surface area (Å²) in [5.41, 5.74) is -0.297. The molecule has 1 amide bonds. The van der Waals surface area contributed by atoms with Gasteiger partial charge in [-0.15, -0.1) is 0 Å². The summed E-state index contributed by atoms with van der Waals surface area (Å²) in [6.07, 6.45) is 4.69. The number of carbonyl (C=O) groups excluding carboxylic acids is 1. The minimum Gasteiger partial charge on any atom is -0.304 e. The highest BCUT2D eigenvalue weighted by atomic mass is 16.2. The molecule has 0 unspecified atom stereocenters. The standard InChI is InChI=1S/C7H10N2O/c1-9-5-8-7(6(9)10)3-2-4-7/h5H,2-4H2,1H3. The summed E-state index contributed by atoms with van der Waals surface area (Å²) in [4.78, 5) is 17.1. The number of hydrogen-bond donors (Lipinski definition) is 0. The Morgan fingerprint density at radius 1 is 1.70 bits per heavy atom. The van der Waals surface area contributed by atoms with Crippen molar-refractivity contribution in [2.45, 2.75) is 24.8 Å². The molecule has 0 radical (unpaired) electrons. The average molecular weight is 138 g/mol. The van der Waals surface area contributed by atoms with Crippen LogP contribution >= 0.6 is 0 Å². The molecule has 0 bridgehead atoms. The van der Waals surface area contributed by atoms with Gasteiger partial charge in [0, 0.05) is 7.05 Å². The summed E-state index contributed by atoms with van der Waals surface area (Å²) < 4.78 is 0. The summed E-state index contributed by atoms with van der Waals surface area (Å²) in [5.74, 6) is 0.179. The second kappa shape index (κ2) is 1.59. The molecule has 1 aliphatic heterocycles. The van der Waals surface area contributed by atoms with Crippen molar-refractivity contribution in [2.75, 3.05) is 7.05 Å². The molecular weight excluding hydrogens is 128 g/mol. The zero-order valence-electron chi connectivity index (χ0n) is 6.00. The van der Waals surface area contributed by atoms with E-state index in [1.54, 1.807) is 18.3 Å². The fourth-order valence-corrected chi connectivity index (χ4v) is 1.49. The fraction of sp³-hybridized carbons (Fsp3) is 0.714. The summed E-state index contributed by atoms with van der Waals surface area (Å²) in [7, 11) is 1.76.